The van der Waals surface area contributed by atoms with Crippen LogP contribution in [-0.4, -0.2) is 77.6 Å². The van der Waals surface area contributed by atoms with Crippen LogP contribution in [0.15, 0.2) is 35.4 Å². The summed E-state index contributed by atoms with van der Waals surface area (Å²) in [6.07, 6.45) is 6.60. The van der Waals surface area contributed by atoms with Gasteiger partial charge in [-0.05, 0) is 128 Å². The number of aliphatic hydroxyl groups is 1. The summed E-state index contributed by atoms with van der Waals surface area (Å²) in [5.74, 6) is -0.311. The van der Waals surface area contributed by atoms with E-state index in [2.05, 4.69) is 53.4 Å². The van der Waals surface area contributed by atoms with E-state index in [1.165, 1.54) is 12.7 Å². The van der Waals surface area contributed by atoms with Crippen molar-refractivity contribution in [2.45, 2.75) is 151 Å². The van der Waals surface area contributed by atoms with Crippen LogP contribution in [-0.2, 0) is 35.2 Å². The van der Waals surface area contributed by atoms with Crippen molar-refractivity contribution in [1.29, 1.82) is 0 Å². The van der Waals surface area contributed by atoms with Crippen molar-refractivity contribution in [3.8, 4) is 0 Å². The smallest absolute Gasteiger partial charge is 0.309 e. The summed E-state index contributed by atoms with van der Waals surface area (Å²) in [6, 6.07) is 7.63. The number of rotatable bonds is 14. The van der Waals surface area contributed by atoms with Crippen molar-refractivity contribution in [2.75, 3.05) is 20.2 Å². The number of nitrogens with zero attached hydrogens (tertiary/aromatic N) is 1. The number of carbonyl (C=O) groups is 4. The molecule has 4 saturated carbocycles. The Morgan fingerprint density at radius 1 is 0.948 bits per heavy atom. The molecular formula is C48H70ClNO8. The standard InChI is InChI=1S/C48H70ClNO8/c1-29(2)40-34(52)23-48(37(53)27-50(26-32(28-51)57-10)25-30-11-13-31(49)14-12-30)22-21-46(8)33(41(40)48)15-16-36-45(7)19-18-38(58-39(54)24-43(3,4)42(55)56)44(5,6)35(45)17-20-47(36,46)9/h11-14,28-29,32-33,35-38,53H,15-27H2,1-10H3,(H,55,56)/t32?,33-,35?,36+,37-,38?,45+,46-,47-,48?/m1/s1. The molecule has 2 N–H and O–H groups in total. The van der Waals surface area contributed by atoms with Crippen LogP contribution in [0.2, 0.25) is 5.02 Å². The molecule has 5 aliphatic carbocycles. The van der Waals surface area contributed by atoms with Gasteiger partial charge in [0, 0.05) is 49.0 Å². The number of fused-ring (bicyclic) bond motifs is 7. The predicted octanol–water partition coefficient (Wildman–Crippen LogP) is 9.11. The van der Waals surface area contributed by atoms with Gasteiger partial charge in [-0.25, -0.2) is 0 Å². The number of aldehydes is 1. The summed E-state index contributed by atoms with van der Waals surface area (Å²) in [5.41, 5.74) is 0.923. The lowest BCUT2D eigenvalue weighted by molar-refractivity contribution is -0.235. The fraction of sp³-hybridized carbons (Fsp3) is 0.750. The maximum Gasteiger partial charge on any atom is 0.309 e. The Kier molecular flexibility index (Phi) is 12.4. The van der Waals surface area contributed by atoms with Gasteiger partial charge in [0.05, 0.1) is 17.9 Å². The number of carboxylic acid groups (broad SMARTS) is 1. The number of allylic oxidation sites excluding steroid dienone is 1. The normalized spacial score (nSPS) is 35.4. The molecule has 0 radical (unpaired) electrons. The third-order valence-electron chi connectivity index (χ3n) is 17.1. The van der Waals surface area contributed by atoms with Crippen LogP contribution in [0.25, 0.3) is 0 Å². The van der Waals surface area contributed by atoms with Crippen molar-refractivity contribution in [2.24, 2.45) is 56.2 Å². The van der Waals surface area contributed by atoms with Crippen molar-refractivity contribution in [3.05, 3.63) is 46.0 Å². The van der Waals surface area contributed by atoms with E-state index in [9.17, 15) is 29.4 Å². The number of esters is 1. The van der Waals surface area contributed by atoms with E-state index in [1.807, 2.05) is 24.3 Å². The van der Waals surface area contributed by atoms with Crippen molar-refractivity contribution in [1.82, 2.24) is 4.90 Å². The lowest BCUT2D eigenvalue weighted by Gasteiger charge is -2.72. The molecule has 10 heteroatoms. The highest BCUT2D eigenvalue weighted by molar-refractivity contribution is 6.30. The Hall–Kier alpha value is -2.59. The van der Waals surface area contributed by atoms with Gasteiger partial charge in [0.2, 0.25) is 0 Å². The molecule has 0 saturated heterocycles. The number of hydrogen-bond acceptors (Lipinski definition) is 8. The highest BCUT2D eigenvalue weighted by Gasteiger charge is 2.71. The van der Waals surface area contributed by atoms with Crippen molar-refractivity contribution < 1.29 is 38.9 Å². The molecule has 58 heavy (non-hydrogen) atoms. The topological polar surface area (TPSA) is 130 Å². The van der Waals surface area contributed by atoms with E-state index in [4.69, 9.17) is 21.1 Å². The Morgan fingerprint density at radius 3 is 2.22 bits per heavy atom. The summed E-state index contributed by atoms with van der Waals surface area (Å²) in [7, 11) is 1.53. The number of aliphatic hydroxyl groups excluding tert-OH is 1. The van der Waals surface area contributed by atoms with Gasteiger partial charge < -0.3 is 24.5 Å². The maximum absolute atomic E-state index is 14.3. The molecule has 0 bridgehead atoms. The molecule has 1 aromatic carbocycles. The zero-order valence-electron chi connectivity index (χ0n) is 36.8. The van der Waals surface area contributed by atoms with Gasteiger partial charge >= 0.3 is 11.9 Å². The molecule has 5 aliphatic rings. The summed E-state index contributed by atoms with van der Waals surface area (Å²) in [6.45, 7) is 20.6. The highest BCUT2D eigenvalue weighted by Crippen LogP contribution is 2.77. The predicted molar refractivity (Wildman–Crippen MR) is 225 cm³/mol. The van der Waals surface area contributed by atoms with Gasteiger partial charge in [-0.3, -0.25) is 19.3 Å². The number of ketones is 1. The molecule has 0 heterocycles. The van der Waals surface area contributed by atoms with Crippen LogP contribution in [0.3, 0.4) is 0 Å². The minimum Gasteiger partial charge on any atom is -0.481 e. The van der Waals surface area contributed by atoms with Gasteiger partial charge in [0.15, 0.2) is 5.78 Å². The van der Waals surface area contributed by atoms with E-state index in [0.29, 0.717) is 42.9 Å². The number of carbonyl (C=O) groups excluding carboxylic acids is 3. The van der Waals surface area contributed by atoms with Crippen LogP contribution >= 0.6 is 11.6 Å². The molecule has 322 valence electrons. The van der Waals surface area contributed by atoms with Gasteiger partial charge in [-0.15, -0.1) is 0 Å². The average molecular weight is 825 g/mol. The fourth-order valence-corrected chi connectivity index (χ4v) is 13.9. The number of methoxy groups -OCH3 is 1. The average Bonchev–Trinajstić information content (AvgIpc) is 3.46. The Morgan fingerprint density at radius 2 is 1.62 bits per heavy atom. The minimum absolute atomic E-state index is 0.0135. The number of benzene rings is 1. The van der Waals surface area contributed by atoms with E-state index in [1.54, 1.807) is 13.8 Å². The van der Waals surface area contributed by atoms with E-state index in [0.717, 1.165) is 68.8 Å². The SMILES string of the molecule is COC(C=O)CN(Cc1ccc(Cl)cc1)C[C@@H](O)C12CC[C@]3(C)[C@H](CC[C@H]4[C@@]5(C)CCC(OC(=O)CC(C)(C)C(=O)O)C(C)(C)C5CC[C@]43C)C1=C(C(C)C)C(=O)C2. The summed E-state index contributed by atoms with van der Waals surface area (Å²) in [5, 5.41) is 23.0. The first-order chi connectivity index (χ1) is 27.0. The second-order valence-corrected chi connectivity index (χ2v) is 21.7. The molecule has 0 amide bonds. The fourth-order valence-electron chi connectivity index (χ4n) is 13.8. The zero-order valence-corrected chi connectivity index (χ0v) is 37.5. The molecule has 1 aromatic rings. The molecule has 6 rings (SSSR count). The molecular weight excluding hydrogens is 754 g/mol. The maximum atomic E-state index is 14.3. The molecule has 0 aliphatic heterocycles. The number of carboxylic acids is 1. The van der Waals surface area contributed by atoms with Crippen LogP contribution in [0.5, 0.6) is 0 Å². The molecule has 4 fully saturated rings. The largest absolute Gasteiger partial charge is 0.481 e. The van der Waals surface area contributed by atoms with E-state index >= 15 is 0 Å². The lowest BCUT2D eigenvalue weighted by Crippen LogP contribution is -2.66. The Balaban J connectivity index is 1.30. The van der Waals surface area contributed by atoms with Gasteiger partial charge in [0.1, 0.15) is 18.5 Å². The van der Waals surface area contributed by atoms with Crippen LogP contribution < -0.4 is 0 Å². The summed E-state index contributed by atoms with van der Waals surface area (Å²) in [4.78, 5) is 53.3. The second kappa shape index (κ2) is 16.0. The van der Waals surface area contributed by atoms with Crippen LogP contribution in [0.4, 0.5) is 0 Å². The first kappa shape index (κ1) is 44.9. The van der Waals surface area contributed by atoms with Crippen LogP contribution in [0.1, 0.15) is 132 Å². The molecule has 0 aromatic heterocycles. The Labute approximate surface area is 352 Å². The van der Waals surface area contributed by atoms with Gasteiger partial charge in [-0.1, -0.05) is 77.8 Å². The third kappa shape index (κ3) is 7.44. The number of hydrogen-bond donors (Lipinski definition) is 2. The lowest BCUT2D eigenvalue weighted by atomic mass is 9.33. The quantitative estimate of drug-likeness (QED) is 0.139. The number of halogens is 1. The van der Waals surface area contributed by atoms with E-state index in [-0.39, 0.29) is 51.8 Å². The minimum atomic E-state index is -1.19. The highest BCUT2D eigenvalue weighted by atomic mass is 35.5. The Bertz CT molecular complexity index is 1790. The van der Waals surface area contributed by atoms with Crippen molar-refractivity contribution >= 4 is 35.6 Å². The summed E-state index contributed by atoms with van der Waals surface area (Å²) < 4.78 is 11.7. The van der Waals surface area contributed by atoms with Gasteiger partial charge in [0.25, 0.3) is 0 Å². The number of Topliss-reactive ketones (excluding diaryl/α,β-unsaturated/α-hetero) is 1. The molecule has 0 spiro atoms. The second-order valence-electron chi connectivity index (χ2n) is 21.3. The van der Waals surface area contributed by atoms with Crippen molar-refractivity contribution in [3.63, 3.8) is 0 Å². The molecule has 10 atom stereocenters. The third-order valence-corrected chi connectivity index (χ3v) is 17.4. The first-order valence-corrected chi connectivity index (χ1v) is 22.2. The van der Waals surface area contributed by atoms with E-state index < -0.39 is 35.0 Å². The van der Waals surface area contributed by atoms with Gasteiger partial charge in [-0.2, -0.15) is 0 Å². The first-order valence-electron chi connectivity index (χ1n) is 21.8. The number of aliphatic carboxylic acids is 1. The number of ether oxygens (including phenoxy) is 2. The summed E-state index contributed by atoms with van der Waals surface area (Å²) >= 11 is 6.21. The molecule has 4 unspecified atom stereocenters. The van der Waals surface area contributed by atoms with Crippen LogP contribution in [0, 0.1) is 56.2 Å². The zero-order chi connectivity index (χ0) is 42.8. The molecule has 9 nitrogen and oxygen atoms in total. The monoisotopic (exact) mass is 823 g/mol.